The first-order chi connectivity index (χ1) is 9.75. The molecule has 2 aliphatic rings. The van der Waals surface area contributed by atoms with Crippen LogP contribution in [0.15, 0.2) is 18.2 Å². The molecule has 1 aromatic rings. The van der Waals surface area contributed by atoms with E-state index in [4.69, 9.17) is 0 Å². The number of para-hydroxylation sites is 1. The number of amides is 1. The zero-order valence-corrected chi connectivity index (χ0v) is 12.3. The number of carbonyl (C=O) groups is 1. The number of hydrogen-bond donors (Lipinski definition) is 1. The van der Waals surface area contributed by atoms with Crippen molar-refractivity contribution >= 4 is 11.6 Å². The van der Waals surface area contributed by atoms with Gasteiger partial charge in [-0.25, -0.2) is 0 Å². The van der Waals surface area contributed by atoms with E-state index in [1.165, 1.54) is 36.8 Å². The predicted octanol–water partition coefficient (Wildman–Crippen LogP) is 2.81. The summed E-state index contributed by atoms with van der Waals surface area (Å²) in [6.07, 6.45) is 7.23. The lowest BCUT2D eigenvalue weighted by atomic mass is 9.98. The van der Waals surface area contributed by atoms with E-state index >= 15 is 0 Å². The molecule has 0 atom stereocenters. The summed E-state index contributed by atoms with van der Waals surface area (Å²) in [5.74, 6) is 0.229. The molecule has 20 heavy (non-hydrogen) atoms. The Morgan fingerprint density at radius 1 is 1.30 bits per heavy atom. The second-order valence-electron chi connectivity index (χ2n) is 6.09. The molecule has 1 saturated carbocycles. The van der Waals surface area contributed by atoms with Gasteiger partial charge in [-0.15, -0.1) is 0 Å². The molecule has 1 aliphatic heterocycles. The summed E-state index contributed by atoms with van der Waals surface area (Å²) in [5.41, 5.74) is 3.71. The lowest BCUT2D eigenvalue weighted by molar-refractivity contribution is -0.118. The molecule has 1 aromatic carbocycles. The van der Waals surface area contributed by atoms with E-state index in [9.17, 15) is 4.79 Å². The first-order valence-corrected chi connectivity index (χ1v) is 7.88. The van der Waals surface area contributed by atoms with Crippen LogP contribution in [0.4, 0.5) is 5.69 Å². The third-order valence-electron chi connectivity index (χ3n) is 4.62. The zero-order chi connectivity index (χ0) is 13.9. The summed E-state index contributed by atoms with van der Waals surface area (Å²) in [4.78, 5) is 14.5. The van der Waals surface area contributed by atoms with E-state index in [2.05, 4.69) is 30.4 Å². The molecule has 1 heterocycles. The van der Waals surface area contributed by atoms with Crippen molar-refractivity contribution in [3.63, 3.8) is 0 Å². The smallest absolute Gasteiger partial charge is 0.240 e. The highest BCUT2D eigenvalue weighted by Gasteiger charge is 2.24. The van der Waals surface area contributed by atoms with Gasteiger partial charge in [-0.05, 0) is 43.7 Å². The predicted molar refractivity (Wildman–Crippen MR) is 82.1 cm³/mol. The summed E-state index contributed by atoms with van der Waals surface area (Å²) >= 11 is 0. The van der Waals surface area contributed by atoms with Gasteiger partial charge in [0, 0.05) is 18.3 Å². The minimum absolute atomic E-state index is 0.229. The van der Waals surface area contributed by atoms with Crippen molar-refractivity contribution in [2.75, 3.05) is 18.0 Å². The van der Waals surface area contributed by atoms with Crippen LogP contribution in [0.1, 0.15) is 43.2 Å². The van der Waals surface area contributed by atoms with Gasteiger partial charge in [-0.2, -0.15) is 0 Å². The minimum Gasteiger partial charge on any atom is -0.311 e. The molecule has 1 amide bonds. The van der Waals surface area contributed by atoms with Crippen molar-refractivity contribution in [1.82, 2.24) is 5.32 Å². The van der Waals surface area contributed by atoms with Crippen LogP contribution in [0.3, 0.4) is 0 Å². The maximum Gasteiger partial charge on any atom is 0.240 e. The number of hydrogen-bond acceptors (Lipinski definition) is 2. The third kappa shape index (κ3) is 2.73. The fourth-order valence-electron chi connectivity index (χ4n) is 3.55. The molecule has 0 aromatic heterocycles. The number of benzene rings is 1. The van der Waals surface area contributed by atoms with E-state index in [0.717, 1.165) is 25.1 Å². The van der Waals surface area contributed by atoms with E-state index < -0.39 is 0 Å². The van der Waals surface area contributed by atoms with Gasteiger partial charge < -0.3 is 10.2 Å². The average Bonchev–Trinajstić information content (AvgIpc) is 2.98. The fraction of sp³-hybridized carbons (Fsp3) is 0.588. The van der Waals surface area contributed by atoms with Crippen LogP contribution in [0, 0.1) is 6.92 Å². The van der Waals surface area contributed by atoms with Crippen molar-refractivity contribution in [2.24, 2.45) is 0 Å². The summed E-state index contributed by atoms with van der Waals surface area (Å²) < 4.78 is 0. The Bertz CT molecular complexity index is 492. The highest BCUT2D eigenvalue weighted by molar-refractivity contribution is 5.96. The van der Waals surface area contributed by atoms with Gasteiger partial charge in [0.05, 0.1) is 6.54 Å². The number of rotatable bonds is 3. The van der Waals surface area contributed by atoms with Crippen LogP contribution in [0.25, 0.3) is 0 Å². The number of carbonyl (C=O) groups excluding carboxylic acids is 1. The van der Waals surface area contributed by atoms with Crippen LogP contribution in [-0.2, 0) is 11.2 Å². The van der Waals surface area contributed by atoms with E-state index in [0.29, 0.717) is 12.6 Å². The molecule has 0 spiro atoms. The number of nitrogens with one attached hydrogen (secondary N) is 1. The number of fused-ring (bicyclic) bond motifs is 1. The van der Waals surface area contributed by atoms with Gasteiger partial charge in [0.2, 0.25) is 5.91 Å². The first-order valence-electron chi connectivity index (χ1n) is 7.88. The molecule has 108 valence electrons. The average molecular weight is 272 g/mol. The Labute approximate surface area is 121 Å². The van der Waals surface area contributed by atoms with Crippen molar-refractivity contribution in [3.8, 4) is 0 Å². The number of aryl methyl sites for hydroxylation is 2. The van der Waals surface area contributed by atoms with Crippen LogP contribution >= 0.6 is 0 Å². The maximum atomic E-state index is 12.5. The Morgan fingerprint density at radius 2 is 2.10 bits per heavy atom. The van der Waals surface area contributed by atoms with Gasteiger partial charge >= 0.3 is 0 Å². The minimum atomic E-state index is 0.229. The third-order valence-corrected chi connectivity index (χ3v) is 4.62. The van der Waals surface area contributed by atoms with Crippen LogP contribution in [0.2, 0.25) is 0 Å². The zero-order valence-electron chi connectivity index (χ0n) is 12.3. The molecule has 0 bridgehead atoms. The first kappa shape index (κ1) is 13.6. The second-order valence-corrected chi connectivity index (χ2v) is 6.09. The highest BCUT2D eigenvalue weighted by Crippen LogP contribution is 2.30. The summed E-state index contributed by atoms with van der Waals surface area (Å²) in [6, 6.07) is 6.92. The van der Waals surface area contributed by atoms with E-state index in [1.807, 2.05) is 4.90 Å². The Balaban J connectivity index is 1.69. The quantitative estimate of drug-likeness (QED) is 0.917. The maximum absolute atomic E-state index is 12.5. The van der Waals surface area contributed by atoms with Crippen LogP contribution in [0.5, 0.6) is 0 Å². The Morgan fingerprint density at radius 3 is 2.90 bits per heavy atom. The molecule has 3 nitrogen and oxygen atoms in total. The molecule has 0 saturated heterocycles. The summed E-state index contributed by atoms with van der Waals surface area (Å²) in [6.45, 7) is 3.45. The van der Waals surface area contributed by atoms with Crippen LogP contribution < -0.4 is 10.2 Å². The fourth-order valence-corrected chi connectivity index (χ4v) is 3.55. The second kappa shape index (κ2) is 5.96. The highest BCUT2D eigenvalue weighted by atomic mass is 16.2. The van der Waals surface area contributed by atoms with Gasteiger partial charge in [-0.3, -0.25) is 4.79 Å². The van der Waals surface area contributed by atoms with Gasteiger partial charge in [-0.1, -0.05) is 31.0 Å². The molecule has 3 rings (SSSR count). The molecule has 1 fully saturated rings. The van der Waals surface area contributed by atoms with Crippen molar-refractivity contribution < 1.29 is 4.79 Å². The molecular formula is C17H24N2O. The summed E-state index contributed by atoms with van der Waals surface area (Å²) in [7, 11) is 0. The topological polar surface area (TPSA) is 32.3 Å². The van der Waals surface area contributed by atoms with Gasteiger partial charge in [0.25, 0.3) is 0 Å². The molecule has 0 radical (unpaired) electrons. The van der Waals surface area contributed by atoms with Crippen molar-refractivity contribution in [3.05, 3.63) is 29.3 Å². The van der Waals surface area contributed by atoms with Gasteiger partial charge in [0.1, 0.15) is 0 Å². The number of nitrogens with zero attached hydrogens (tertiary/aromatic N) is 1. The standard InChI is InChI=1S/C17H24N2O/c1-13-6-4-7-14-8-5-11-19(17(13)14)16(20)12-18-15-9-2-3-10-15/h4,6-7,15,18H,2-3,5,8-12H2,1H3. The van der Waals surface area contributed by atoms with E-state index in [1.54, 1.807) is 0 Å². The lowest BCUT2D eigenvalue weighted by Gasteiger charge is -2.31. The van der Waals surface area contributed by atoms with Crippen molar-refractivity contribution in [1.29, 1.82) is 0 Å². The van der Waals surface area contributed by atoms with Crippen molar-refractivity contribution in [2.45, 2.75) is 51.5 Å². The number of anilines is 1. The molecule has 1 aliphatic carbocycles. The largest absolute Gasteiger partial charge is 0.311 e. The molecular weight excluding hydrogens is 248 g/mol. The monoisotopic (exact) mass is 272 g/mol. The van der Waals surface area contributed by atoms with E-state index in [-0.39, 0.29) is 5.91 Å². The molecule has 3 heteroatoms. The van der Waals surface area contributed by atoms with Crippen LogP contribution in [-0.4, -0.2) is 25.0 Å². The Kier molecular flexibility index (Phi) is 4.06. The SMILES string of the molecule is Cc1cccc2c1N(C(=O)CNC1CCCC1)CCC2. The Hall–Kier alpha value is -1.35. The summed E-state index contributed by atoms with van der Waals surface area (Å²) in [5, 5.41) is 3.44. The lowest BCUT2D eigenvalue weighted by Crippen LogP contribution is -2.43. The normalized spacial score (nSPS) is 19.1. The van der Waals surface area contributed by atoms with Gasteiger partial charge in [0.15, 0.2) is 0 Å². The molecule has 1 N–H and O–H groups in total. The molecule has 0 unspecified atom stereocenters.